The molecule has 0 radical (unpaired) electrons. The molecule has 172 valence electrons. The fourth-order valence-corrected chi connectivity index (χ4v) is 4.36. The first-order valence-electron chi connectivity index (χ1n) is 10.5. The Labute approximate surface area is 197 Å². The molecule has 1 aliphatic heterocycles. The molecule has 0 saturated carbocycles. The molecule has 3 atom stereocenters. The second kappa shape index (κ2) is 12.8. The van der Waals surface area contributed by atoms with Crippen molar-refractivity contribution >= 4 is 23.7 Å². The van der Waals surface area contributed by atoms with Gasteiger partial charge in [0.2, 0.25) is 0 Å². The largest absolute Gasteiger partial charge is 0.478 e. The topological polar surface area (TPSA) is 93.1 Å². The number of aromatic carboxylic acids is 1. The predicted octanol–water partition coefficient (Wildman–Crippen LogP) is 4.64. The van der Waals surface area contributed by atoms with Crippen LogP contribution in [-0.4, -0.2) is 45.5 Å². The van der Waals surface area contributed by atoms with Gasteiger partial charge >= 0.3 is 11.9 Å². The molecular weight excluding hydrogens is 440 g/mol. The molecule has 3 aromatic rings. The van der Waals surface area contributed by atoms with Gasteiger partial charge in [0, 0.05) is 5.25 Å². The third-order valence-electron chi connectivity index (χ3n) is 4.88. The molecule has 2 N–H and O–H groups in total. The summed E-state index contributed by atoms with van der Waals surface area (Å²) in [5, 5.41) is 18.6. The minimum Gasteiger partial charge on any atom is -0.478 e. The van der Waals surface area contributed by atoms with Gasteiger partial charge < -0.3 is 19.7 Å². The van der Waals surface area contributed by atoms with Crippen molar-refractivity contribution in [2.24, 2.45) is 0 Å². The smallest absolute Gasteiger partial charge is 0.338 e. The van der Waals surface area contributed by atoms with E-state index in [2.05, 4.69) is 0 Å². The Hall–Kier alpha value is -3.13. The quantitative estimate of drug-likeness (QED) is 0.490. The fourth-order valence-electron chi connectivity index (χ4n) is 3.16. The molecule has 1 unspecified atom stereocenters. The summed E-state index contributed by atoms with van der Waals surface area (Å²) in [7, 11) is 0. The second-order valence-electron chi connectivity index (χ2n) is 7.36. The van der Waals surface area contributed by atoms with E-state index in [0.29, 0.717) is 24.2 Å². The van der Waals surface area contributed by atoms with Crippen LogP contribution in [0.2, 0.25) is 0 Å². The monoisotopic (exact) mass is 466 g/mol. The van der Waals surface area contributed by atoms with E-state index in [4.69, 9.17) is 14.6 Å². The van der Waals surface area contributed by atoms with Crippen molar-refractivity contribution in [3.63, 3.8) is 0 Å². The van der Waals surface area contributed by atoms with E-state index in [1.54, 1.807) is 54.6 Å². The highest BCUT2D eigenvalue weighted by Crippen LogP contribution is 2.35. The Morgan fingerprint density at radius 3 is 1.94 bits per heavy atom. The van der Waals surface area contributed by atoms with Crippen molar-refractivity contribution in [2.75, 3.05) is 6.61 Å². The van der Waals surface area contributed by atoms with E-state index in [1.807, 2.05) is 36.4 Å². The highest BCUT2D eigenvalue weighted by molar-refractivity contribution is 8.00. The first kappa shape index (κ1) is 24.5. The molecule has 0 aromatic heterocycles. The Morgan fingerprint density at radius 1 is 0.848 bits per heavy atom. The Morgan fingerprint density at radius 2 is 1.39 bits per heavy atom. The van der Waals surface area contributed by atoms with Crippen LogP contribution in [0.15, 0.2) is 91.0 Å². The number of carboxylic acid groups (broad SMARTS) is 1. The maximum Gasteiger partial charge on any atom is 0.338 e. The van der Waals surface area contributed by atoms with Crippen LogP contribution in [0.25, 0.3) is 0 Å². The molecule has 0 aliphatic carbocycles. The maximum absolute atomic E-state index is 11.9. The lowest BCUT2D eigenvalue weighted by molar-refractivity contribution is -0.0100. The van der Waals surface area contributed by atoms with Gasteiger partial charge in [0.05, 0.1) is 23.8 Å². The Bertz CT molecular complexity index is 997. The van der Waals surface area contributed by atoms with E-state index in [1.165, 1.54) is 11.8 Å². The summed E-state index contributed by atoms with van der Waals surface area (Å²) in [5.41, 5.74) is 1.36. The third kappa shape index (κ3) is 8.05. The molecular formula is C26H26O6S. The van der Waals surface area contributed by atoms with Crippen LogP contribution in [0.5, 0.6) is 0 Å². The van der Waals surface area contributed by atoms with Crippen molar-refractivity contribution < 1.29 is 29.3 Å². The molecule has 1 heterocycles. The van der Waals surface area contributed by atoms with Crippen LogP contribution in [-0.2, 0) is 16.1 Å². The number of carboxylic acids is 1. The summed E-state index contributed by atoms with van der Waals surface area (Å²) >= 11 is 1.40. The summed E-state index contributed by atoms with van der Waals surface area (Å²) in [6.07, 6.45) is 0.427. The van der Waals surface area contributed by atoms with Crippen molar-refractivity contribution in [3.05, 3.63) is 108 Å². The number of esters is 1. The number of ether oxygens (including phenoxy) is 2. The lowest BCUT2D eigenvalue weighted by Crippen LogP contribution is -2.21. The number of aliphatic hydroxyl groups is 1. The summed E-state index contributed by atoms with van der Waals surface area (Å²) in [6, 6.07) is 27.1. The Kier molecular flexibility index (Phi) is 9.50. The van der Waals surface area contributed by atoms with Crippen LogP contribution in [0.1, 0.15) is 32.7 Å². The molecule has 0 amide bonds. The molecule has 33 heavy (non-hydrogen) atoms. The van der Waals surface area contributed by atoms with Gasteiger partial charge in [-0.3, -0.25) is 0 Å². The summed E-state index contributed by atoms with van der Waals surface area (Å²) in [5.74, 6) is -1.21. The first-order valence-corrected chi connectivity index (χ1v) is 11.5. The standard InChI is InChI=1S/C19H20O4S.C7H6O2/c20-18(15-9-5-2-6-10-15)23-13-16-11-17(19(21)24-16)22-12-14-7-3-1-4-8-14;8-7(9)6-4-2-1-3-5-6/h1-10,16-17,19,21H,11-13H2;1-5H,(H,8,9)/t16-,17-,19?;/m0./s1. The molecule has 1 saturated heterocycles. The van der Waals surface area contributed by atoms with Crippen LogP contribution in [0.3, 0.4) is 0 Å². The lowest BCUT2D eigenvalue weighted by Gasteiger charge is -2.14. The van der Waals surface area contributed by atoms with Crippen LogP contribution in [0.4, 0.5) is 0 Å². The average molecular weight is 467 g/mol. The number of carbonyl (C=O) groups is 2. The van der Waals surface area contributed by atoms with Crippen LogP contribution >= 0.6 is 11.8 Å². The number of carbonyl (C=O) groups excluding carboxylic acids is 1. The third-order valence-corrected chi connectivity index (χ3v) is 6.18. The van der Waals surface area contributed by atoms with Gasteiger partial charge in [-0.25, -0.2) is 9.59 Å². The highest BCUT2D eigenvalue weighted by atomic mass is 32.2. The van der Waals surface area contributed by atoms with Gasteiger partial charge in [-0.2, -0.15) is 0 Å². The summed E-state index contributed by atoms with van der Waals surface area (Å²) < 4.78 is 11.2. The Balaban J connectivity index is 0.000000286. The predicted molar refractivity (Wildman–Crippen MR) is 127 cm³/mol. The normalized spacial score (nSPS) is 19.2. The maximum atomic E-state index is 11.9. The van der Waals surface area contributed by atoms with Gasteiger partial charge in [0.1, 0.15) is 12.0 Å². The van der Waals surface area contributed by atoms with E-state index in [-0.39, 0.29) is 23.9 Å². The molecule has 1 fully saturated rings. The van der Waals surface area contributed by atoms with Crippen LogP contribution < -0.4 is 0 Å². The highest BCUT2D eigenvalue weighted by Gasteiger charge is 2.35. The van der Waals surface area contributed by atoms with Gasteiger partial charge in [-0.15, -0.1) is 11.8 Å². The van der Waals surface area contributed by atoms with Gasteiger partial charge in [0.25, 0.3) is 0 Å². The number of benzene rings is 3. The second-order valence-corrected chi connectivity index (χ2v) is 8.78. The fraction of sp³-hybridized carbons (Fsp3) is 0.231. The zero-order chi connectivity index (χ0) is 23.5. The summed E-state index contributed by atoms with van der Waals surface area (Å²) in [6.45, 7) is 0.750. The van der Waals surface area contributed by atoms with Crippen molar-refractivity contribution in [3.8, 4) is 0 Å². The number of hydrogen-bond acceptors (Lipinski definition) is 6. The number of thioether (sulfide) groups is 1. The molecule has 4 rings (SSSR count). The molecule has 0 bridgehead atoms. The molecule has 1 aliphatic rings. The zero-order valence-electron chi connectivity index (χ0n) is 17.9. The van der Waals surface area contributed by atoms with Crippen molar-refractivity contribution in [1.82, 2.24) is 0 Å². The minimum absolute atomic E-state index is 0.0495. The van der Waals surface area contributed by atoms with Gasteiger partial charge in [0.15, 0.2) is 0 Å². The first-order chi connectivity index (χ1) is 16.0. The van der Waals surface area contributed by atoms with Crippen molar-refractivity contribution in [1.29, 1.82) is 0 Å². The number of aliphatic hydroxyl groups excluding tert-OH is 1. The molecule has 7 heteroatoms. The zero-order valence-corrected chi connectivity index (χ0v) is 18.8. The molecule has 6 nitrogen and oxygen atoms in total. The van der Waals surface area contributed by atoms with Gasteiger partial charge in [-0.05, 0) is 36.2 Å². The molecule has 3 aromatic carbocycles. The SMILES string of the molecule is O=C(O)c1ccccc1.O=C(OC[C@@H]1C[C@H](OCc2ccccc2)C(O)S1)c1ccccc1. The lowest BCUT2D eigenvalue weighted by atomic mass is 10.2. The van der Waals surface area contributed by atoms with E-state index in [0.717, 1.165) is 5.56 Å². The number of hydrogen-bond donors (Lipinski definition) is 2. The van der Waals surface area contributed by atoms with E-state index in [9.17, 15) is 14.7 Å². The van der Waals surface area contributed by atoms with E-state index < -0.39 is 11.4 Å². The molecule has 0 spiro atoms. The van der Waals surface area contributed by atoms with Crippen LogP contribution in [0, 0.1) is 0 Å². The summed E-state index contributed by atoms with van der Waals surface area (Å²) in [4.78, 5) is 22.2. The minimum atomic E-state index is -0.879. The average Bonchev–Trinajstić information content (AvgIpc) is 3.22. The van der Waals surface area contributed by atoms with Crippen molar-refractivity contribution in [2.45, 2.75) is 29.8 Å². The van der Waals surface area contributed by atoms with E-state index >= 15 is 0 Å². The van der Waals surface area contributed by atoms with Gasteiger partial charge in [-0.1, -0.05) is 66.7 Å². The number of rotatable bonds is 7.